The van der Waals surface area contributed by atoms with Crippen LogP contribution in [0.4, 0.5) is 0 Å². The van der Waals surface area contributed by atoms with Gasteiger partial charge in [0.05, 0.1) is 6.26 Å². The molecule has 2 aliphatic rings. The van der Waals surface area contributed by atoms with Crippen molar-refractivity contribution in [1.82, 2.24) is 30.7 Å². The summed E-state index contributed by atoms with van der Waals surface area (Å²) in [5.74, 6) is 2.99. The molecule has 1 saturated heterocycles. The van der Waals surface area contributed by atoms with Crippen LogP contribution in [0, 0.1) is 0 Å². The van der Waals surface area contributed by atoms with Gasteiger partial charge < -0.3 is 20.0 Å². The number of aromatic nitrogens is 3. The summed E-state index contributed by atoms with van der Waals surface area (Å²) in [6.07, 6.45) is 11.8. The molecule has 0 bridgehead atoms. The minimum atomic E-state index is 0. The van der Waals surface area contributed by atoms with Gasteiger partial charge in [-0.1, -0.05) is 19.3 Å². The van der Waals surface area contributed by atoms with Gasteiger partial charge in [0.2, 0.25) is 5.82 Å². The molecule has 0 radical (unpaired) electrons. The first-order chi connectivity index (χ1) is 14.8. The summed E-state index contributed by atoms with van der Waals surface area (Å²) in [6.45, 7) is 6.03. The second-order valence-electron chi connectivity index (χ2n) is 8.34. The number of H-pyrrole nitrogens is 1. The topological polar surface area (TPSA) is 94.4 Å². The van der Waals surface area contributed by atoms with E-state index >= 15 is 0 Å². The summed E-state index contributed by atoms with van der Waals surface area (Å²) in [6, 6.07) is 5.02. The number of nitrogens with zero attached hydrogens (tertiary/aromatic N) is 4. The lowest BCUT2D eigenvalue weighted by Crippen LogP contribution is -2.51. The fourth-order valence-corrected chi connectivity index (χ4v) is 4.57. The summed E-state index contributed by atoms with van der Waals surface area (Å²) in [4.78, 5) is 12.0. The summed E-state index contributed by atoms with van der Waals surface area (Å²) in [5.41, 5.74) is 0. The minimum absolute atomic E-state index is 0. The highest BCUT2D eigenvalue weighted by Crippen LogP contribution is 2.25. The number of aromatic amines is 1. The van der Waals surface area contributed by atoms with E-state index in [1.807, 2.05) is 12.1 Å². The molecule has 0 aromatic carbocycles. The van der Waals surface area contributed by atoms with Gasteiger partial charge in [0.1, 0.15) is 5.82 Å². The minimum Gasteiger partial charge on any atom is -0.461 e. The molecule has 0 atom stereocenters. The number of nitrogens with one attached hydrogen (secondary N) is 3. The van der Waals surface area contributed by atoms with Crippen molar-refractivity contribution in [2.75, 3.05) is 26.2 Å². The van der Waals surface area contributed by atoms with Crippen molar-refractivity contribution in [1.29, 1.82) is 0 Å². The molecule has 1 saturated carbocycles. The lowest BCUT2D eigenvalue weighted by atomic mass is 9.92. The summed E-state index contributed by atoms with van der Waals surface area (Å²) in [5, 5.41) is 14.2. The van der Waals surface area contributed by atoms with Gasteiger partial charge in [-0.05, 0) is 44.7 Å². The monoisotopic (exact) mass is 541 g/mol. The van der Waals surface area contributed by atoms with E-state index in [-0.39, 0.29) is 24.0 Å². The number of halogens is 1. The van der Waals surface area contributed by atoms with Crippen LogP contribution in [0.2, 0.25) is 0 Å². The van der Waals surface area contributed by atoms with Crippen LogP contribution in [0.1, 0.15) is 57.7 Å². The first-order valence-corrected chi connectivity index (χ1v) is 11.6. The molecule has 2 fully saturated rings. The molecule has 31 heavy (non-hydrogen) atoms. The first kappa shape index (κ1) is 24.0. The van der Waals surface area contributed by atoms with Gasteiger partial charge in [0, 0.05) is 44.7 Å². The van der Waals surface area contributed by atoms with Crippen LogP contribution < -0.4 is 10.6 Å². The van der Waals surface area contributed by atoms with Crippen molar-refractivity contribution in [3.05, 3.63) is 24.2 Å². The van der Waals surface area contributed by atoms with E-state index in [1.54, 1.807) is 6.26 Å². The molecule has 0 amide bonds. The van der Waals surface area contributed by atoms with Crippen molar-refractivity contribution in [2.45, 2.75) is 70.4 Å². The molecule has 1 aliphatic heterocycles. The van der Waals surface area contributed by atoms with Gasteiger partial charge in [-0.3, -0.25) is 10.1 Å². The van der Waals surface area contributed by atoms with Gasteiger partial charge in [0.25, 0.3) is 0 Å². The summed E-state index contributed by atoms with van der Waals surface area (Å²) >= 11 is 0. The molecule has 1 aliphatic carbocycles. The molecule has 3 N–H and O–H groups in total. The lowest BCUT2D eigenvalue weighted by molar-refractivity contribution is 0.119. The lowest BCUT2D eigenvalue weighted by Gasteiger charge is -2.39. The fraction of sp³-hybridized carbons (Fsp3) is 0.682. The Labute approximate surface area is 202 Å². The highest BCUT2D eigenvalue weighted by atomic mass is 127. The molecule has 0 spiro atoms. The predicted molar refractivity (Wildman–Crippen MR) is 134 cm³/mol. The van der Waals surface area contributed by atoms with Crippen LogP contribution in [-0.4, -0.2) is 64.3 Å². The molecule has 3 heterocycles. The average molecular weight is 541 g/mol. The Kier molecular flexibility index (Phi) is 9.63. The zero-order chi connectivity index (χ0) is 20.6. The fourth-order valence-electron chi connectivity index (χ4n) is 4.57. The Morgan fingerprint density at radius 2 is 2.03 bits per heavy atom. The summed E-state index contributed by atoms with van der Waals surface area (Å²) < 4.78 is 5.34. The van der Waals surface area contributed by atoms with Crippen LogP contribution in [0.25, 0.3) is 11.6 Å². The van der Waals surface area contributed by atoms with Crippen molar-refractivity contribution in [2.24, 2.45) is 4.99 Å². The predicted octanol–water partition coefficient (Wildman–Crippen LogP) is 3.58. The quantitative estimate of drug-likeness (QED) is 0.282. The normalized spacial score (nSPS) is 19.2. The molecule has 172 valence electrons. The van der Waals surface area contributed by atoms with Gasteiger partial charge >= 0.3 is 0 Å². The van der Waals surface area contributed by atoms with Crippen molar-refractivity contribution in [3.8, 4) is 11.6 Å². The number of guanidine groups is 1. The van der Waals surface area contributed by atoms with Crippen molar-refractivity contribution < 1.29 is 4.42 Å². The summed E-state index contributed by atoms with van der Waals surface area (Å²) in [7, 11) is 0. The van der Waals surface area contributed by atoms with Crippen molar-refractivity contribution >= 4 is 29.9 Å². The maximum atomic E-state index is 5.34. The molecule has 4 rings (SSSR count). The molecule has 9 heteroatoms. The van der Waals surface area contributed by atoms with E-state index in [2.05, 4.69) is 37.6 Å². The Bertz CT molecular complexity index is 778. The molecular formula is C22H36IN7O. The van der Waals surface area contributed by atoms with Crippen LogP contribution in [-0.2, 0) is 6.42 Å². The number of furan rings is 1. The second kappa shape index (κ2) is 12.4. The third-order valence-corrected chi connectivity index (χ3v) is 6.20. The molecule has 2 aromatic heterocycles. The number of hydrogen-bond donors (Lipinski definition) is 3. The van der Waals surface area contributed by atoms with E-state index in [0.717, 1.165) is 24.4 Å². The van der Waals surface area contributed by atoms with Gasteiger partial charge in [-0.25, -0.2) is 4.98 Å². The maximum Gasteiger partial charge on any atom is 0.216 e. The van der Waals surface area contributed by atoms with Gasteiger partial charge in [0.15, 0.2) is 11.7 Å². The van der Waals surface area contributed by atoms with E-state index < -0.39 is 0 Å². The number of rotatable bonds is 7. The standard InChI is InChI=1S/C22H35N7O.HI/c1-2-23-22(24-13-10-20-26-21(28-27-20)19-9-6-16-30-19)25-17-11-14-29(15-12-17)18-7-4-3-5-8-18;/h6,9,16-18H,2-5,7-8,10-15H2,1H3,(H2,23,24,25)(H,26,27,28);1H. The zero-order valence-electron chi connectivity index (χ0n) is 18.5. The van der Waals surface area contributed by atoms with Crippen LogP contribution in [0.3, 0.4) is 0 Å². The van der Waals surface area contributed by atoms with E-state index in [4.69, 9.17) is 9.41 Å². The highest BCUT2D eigenvalue weighted by molar-refractivity contribution is 14.0. The van der Waals surface area contributed by atoms with Crippen LogP contribution in [0.15, 0.2) is 27.8 Å². The number of piperidine rings is 1. The average Bonchev–Trinajstić information content (AvgIpc) is 3.47. The first-order valence-electron chi connectivity index (χ1n) is 11.6. The van der Waals surface area contributed by atoms with E-state index in [1.165, 1.54) is 58.0 Å². The van der Waals surface area contributed by atoms with E-state index in [9.17, 15) is 0 Å². The Hall–Kier alpha value is -1.62. The highest BCUT2D eigenvalue weighted by Gasteiger charge is 2.26. The number of hydrogen-bond acceptors (Lipinski definition) is 5. The van der Waals surface area contributed by atoms with E-state index in [0.29, 0.717) is 30.6 Å². The third-order valence-electron chi connectivity index (χ3n) is 6.20. The third kappa shape index (κ3) is 6.93. The van der Waals surface area contributed by atoms with Gasteiger partial charge in [-0.2, -0.15) is 5.10 Å². The smallest absolute Gasteiger partial charge is 0.216 e. The number of likely N-dealkylation sites (tertiary alicyclic amines) is 1. The Morgan fingerprint density at radius 3 is 2.74 bits per heavy atom. The van der Waals surface area contributed by atoms with Crippen LogP contribution in [0.5, 0.6) is 0 Å². The molecular weight excluding hydrogens is 505 g/mol. The van der Waals surface area contributed by atoms with Crippen LogP contribution >= 0.6 is 24.0 Å². The number of aliphatic imine (C=N–C) groups is 1. The van der Waals surface area contributed by atoms with Gasteiger partial charge in [-0.15, -0.1) is 24.0 Å². The SMILES string of the molecule is CCNC(=NCCc1nc(-c2ccco2)n[nH]1)NC1CCN(C2CCCCC2)CC1.I. The molecule has 0 unspecified atom stereocenters. The van der Waals surface area contributed by atoms with Crippen molar-refractivity contribution in [3.63, 3.8) is 0 Å². The zero-order valence-corrected chi connectivity index (χ0v) is 20.8. The second-order valence-corrected chi connectivity index (χ2v) is 8.34. The largest absolute Gasteiger partial charge is 0.461 e. The molecule has 8 nitrogen and oxygen atoms in total. The Balaban J connectivity index is 0.00000272. The maximum absolute atomic E-state index is 5.34. The Morgan fingerprint density at radius 1 is 1.23 bits per heavy atom. The molecule has 2 aromatic rings.